The summed E-state index contributed by atoms with van der Waals surface area (Å²) in [6, 6.07) is 0. The minimum absolute atomic E-state index is 0.298. The first-order chi connectivity index (χ1) is 7.45. The van der Waals surface area contributed by atoms with Gasteiger partial charge in [-0.2, -0.15) is 0 Å². The fourth-order valence-corrected chi connectivity index (χ4v) is 2.13. The molecular weight excluding hydrogens is 214 g/mol. The SMILES string of the molecule is CC/C1=C/C(F)(F)C(CC(=O)O)CCCC1. The van der Waals surface area contributed by atoms with Gasteiger partial charge in [-0.15, -0.1) is 0 Å². The van der Waals surface area contributed by atoms with Gasteiger partial charge in [-0.05, 0) is 31.8 Å². The molecule has 1 aliphatic rings. The number of halogens is 2. The van der Waals surface area contributed by atoms with Gasteiger partial charge >= 0.3 is 5.97 Å². The first-order valence-corrected chi connectivity index (χ1v) is 5.76. The minimum Gasteiger partial charge on any atom is -0.481 e. The predicted octanol–water partition coefficient (Wildman–Crippen LogP) is 3.62. The number of aliphatic carboxylic acids is 1. The van der Waals surface area contributed by atoms with E-state index in [1.807, 2.05) is 6.92 Å². The Kier molecular flexibility index (Phi) is 4.44. The highest BCUT2D eigenvalue weighted by atomic mass is 19.3. The summed E-state index contributed by atoms with van der Waals surface area (Å²) in [6.45, 7) is 1.86. The van der Waals surface area contributed by atoms with Crippen molar-refractivity contribution >= 4 is 5.97 Å². The average Bonchev–Trinajstić information content (AvgIpc) is 2.17. The third-order valence-electron chi connectivity index (χ3n) is 3.12. The average molecular weight is 232 g/mol. The third kappa shape index (κ3) is 3.58. The standard InChI is InChI=1S/C12H18F2O2/c1-2-9-5-3-4-6-10(7-11(15)16)12(13,14)8-9/h8,10H,2-7H2,1H3,(H,15,16)/b9-8-. The number of hydrogen-bond donors (Lipinski definition) is 1. The van der Waals surface area contributed by atoms with E-state index in [9.17, 15) is 13.6 Å². The number of carbonyl (C=O) groups is 1. The van der Waals surface area contributed by atoms with Crippen molar-refractivity contribution in [2.45, 2.75) is 51.4 Å². The smallest absolute Gasteiger partial charge is 0.303 e. The molecule has 0 aromatic heterocycles. The molecule has 0 aromatic carbocycles. The molecule has 0 bridgehead atoms. The maximum atomic E-state index is 13.8. The molecular formula is C12H18F2O2. The van der Waals surface area contributed by atoms with Gasteiger partial charge in [0.05, 0.1) is 6.42 Å². The Bertz CT molecular complexity index is 285. The summed E-state index contributed by atoms with van der Waals surface area (Å²) < 4.78 is 27.5. The third-order valence-corrected chi connectivity index (χ3v) is 3.12. The van der Waals surface area contributed by atoms with Gasteiger partial charge in [0.1, 0.15) is 0 Å². The zero-order chi connectivity index (χ0) is 12.2. The lowest BCUT2D eigenvalue weighted by molar-refractivity contribution is -0.141. The molecule has 0 saturated carbocycles. The zero-order valence-electron chi connectivity index (χ0n) is 9.51. The molecule has 1 aliphatic carbocycles. The van der Waals surface area contributed by atoms with Gasteiger partial charge in [0.15, 0.2) is 0 Å². The summed E-state index contributed by atoms with van der Waals surface area (Å²) in [7, 11) is 0. The second-order valence-corrected chi connectivity index (χ2v) is 4.37. The van der Waals surface area contributed by atoms with Crippen LogP contribution in [0.5, 0.6) is 0 Å². The Labute approximate surface area is 94.3 Å². The molecule has 0 aliphatic heterocycles. The molecule has 0 fully saturated rings. The van der Waals surface area contributed by atoms with Gasteiger partial charge in [0.2, 0.25) is 0 Å². The van der Waals surface area contributed by atoms with E-state index in [2.05, 4.69) is 0 Å². The van der Waals surface area contributed by atoms with Gasteiger partial charge in [-0.25, -0.2) is 8.78 Å². The predicted molar refractivity (Wildman–Crippen MR) is 57.5 cm³/mol. The van der Waals surface area contributed by atoms with E-state index in [1.54, 1.807) is 0 Å². The first-order valence-electron chi connectivity index (χ1n) is 5.76. The molecule has 1 rings (SSSR count). The highest BCUT2D eigenvalue weighted by Gasteiger charge is 2.39. The fourth-order valence-electron chi connectivity index (χ4n) is 2.13. The largest absolute Gasteiger partial charge is 0.481 e. The maximum Gasteiger partial charge on any atom is 0.303 e. The van der Waals surface area contributed by atoms with Gasteiger partial charge < -0.3 is 5.11 Å². The second kappa shape index (κ2) is 5.41. The molecule has 0 amide bonds. The minimum atomic E-state index is -2.97. The topological polar surface area (TPSA) is 37.3 Å². The van der Waals surface area contributed by atoms with Gasteiger partial charge in [-0.3, -0.25) is 4.79 Å². The summed E-state index contributed by atoms with van der Waals surface area (Å²) in [6.07, 6.45) is 3.76. The maximum absolute atomic E-state index is 13.8. The molecule has 0 saturated heterocycles. The van der Waals surface area contributed by atoms with Crippen LogP contribution in [0.15, 0.2) is 11.6 Å². The van der Waals surface area contributed by atoms with Crippen molar-refractivity contribution in [2.75, 3.05) is 0 Å². The Morgan fingerprint density at radius 2 is 2.25 bits per heavy atom. The molecule has 1 N–H and O–H groups in total. The molecule has 0 aromatic rings. The van der Waals surface area contributed by atoms with Crippen molar-refractivity contribution in [3.63, 3.8) is 0 Å². The first kappa shape index (κ1) is 13.1. The van der Waals surface area contributed by atoms with Gasteiger partial charge in [-0.1, -0.05) is 18.9 Å². The summed E-state index contributed by atoms with van der Waals surface area (Å²) >= 11 is 0. The van der Waals surface area contributed by atoms with E-state index in [0.29, 0.717) is 25.7 Å². The summed E-state index contributed by atoms with van der Waals surface area (Å²) in [5, 5.41) is 8.63. The monoisotopic (exact) mass is 232 g/mol. The van der Waals surface area contributed by atoms with E-state index in [-0.39, 0.29) is 0 Å². The molecule has 0 radical (unpaired) electrons. The van der Waals surface area contributed by atoms with Gasteiger partial charge in [0, 0.05) is 5.92 Å². The van der Waals surface area contributed by atoms with Crippen LogP contribution in [0.4, 0.5) is 8.78 Å². The lowest BCUT2D eigenvalue weighted by Crippen LogP contribution is -2.29. The normalized spacial score (nSPS) is 28.7. The van der Waals surface area contributed by atoms with Crippen LogP contribution in [-0.2, 0) is 4.79 Å². The number of rotatable bonds is 3. The van der Waals surface area contributed by atoms with Crippen molar-refractivity contribution < 1.29 is 18.7 Å². The van der Waals surface area contributed by atoms with Crippen LogP contribution in [-0.4, -0.2) is 17.0 Å². The Morgan fingerprint density at radius 3 is 2.81 bits per heavy atom. The van der Waals surface area contributed by atoms with Crippen LogP contribution in [0, 0.1) is 5.92 Å². The lowest BCUT2D eigenvalue weighted by atomic mass is 9.86. The number of carboxylic acid groups (broad SMARTS) is 1. The van der Waals surface area contributed by atoms with Crippen LogP contribution < -0.4 is 0 Å². The quantitative estimate of drug-likeness (QED) is 0.754. The van der Waals surface area contributed by atoms with Crippen LogP contribution in [0.1, 0.15) is 45.4 Å². The number of hydrogen-bond acceptors (Lipinski definition) is 1. The number of alkyl halides is 2. The van der Waals surface area contributed by atoms with E-state index in [0.717, 1.165) is 18.1 Å². The lowest BCUT2D eigenvalue weighted by Gasteiger charge is -2.26. The zero-order valence-corrected chi connectivity index (χ0v) is 9.51. The van der Waals surface area contributed by atoms with Crippen LogP contribution in [0.2, 0.25) is 0 Å². The van der Waals surface area contributed by atoms with Crippen molar-refractivity contribution in [1.29, 1.82) is 0 Å². The van der Waals surface area contributed by atoms with E-state index in [4.69, 9.17) is 5.11 Å². The molecule has 1 atom stereocenters. The van der Waals surface area contributed by atoms with Crippen molar-refractivity contribution in [2.24, 2.45) is 5.92 Å². The molecule has 0 spiro atoms. The Hall–Kier alpha value is -0.930. The summed E-state index contributed by atoms with van der Waals surface area (Å²) in [4.78, 5) is 10.6. The van der Waals surface area contributed by atoms with Crippen molar-refractivity contribution in [3.8, 4) is 0 Å². The molecule has 16 heavy (non-hydrogen) atoms. The molecule has 2 nitrogen and oxygen atoms in total. The van der Waals surface area contributed by atoms with Crippen molar-refractivity contribution in [3.05, 3.63) is 11.6 Å². The molecule has 4 heteroatoms. The van der Waals surface area contributed by atoms with E-state index < -0.39 is 24.2 Å². The number of carboxylic acids is 1. The summed E-state index contributed by atoms with van der Waals surface area (Å²) in [5.41, 5.74) is 0.750. The Morgan fingerprint density at radius 1 is 1.56 bits per heavy atom. The molecule has 1 unspecified atom stereocenters. The highest BCUT2D eigenvalue weighted by molar-refractivity contribution is 5.67. The molecule has 92 valence electrons. The summed E-state index contributed by atoms with van der Waals surface area (Å²) in [5.74, 6) is -5.16. The van der Waals surface area contributed by atoms with Crippen molar-refractivity contribution in [1.82, 2.24) is 0 Å². The molecule has 0 heterocycles. The van der Waals surface area contributed by atoms with Gasteiger partial charge in [0.25, 0.3) is 5.92 Å². The van der Waals surface area contributed by atoms with Crippen LogP contribution >= 0.6 is 0 Å². The number of allylic oxidation sites excluding steroid dienone is 2. The fraction of sp³-hybridized carbons (Fsp3) is 0.750. The second-order valence-electron chi connectivity index (χ2n) is 4.37. The van der Waals surface area contributed by atoms with E-state index >= 15 is 0 Å². The Balaban J connectivity index is 2.86. The highest BCUT2D eigenvalue weighted by Crippen LogP contribution is 2.37. The van der Waals surface area contributed by atoms with Crippen LogP contribution in [0.25, 0.3) is 0 Å². The van der Waals surface area contributed by atoms with E-state index in [1.165, 1.54) is 0 Å². The van der Waals surface area contributed by atoms with Crippen LogP contribution in [0.3, 0.4) is 0 Å².